The number of nitrogens with zero attached hydrogens (tertiary/aromatic N) is 5. The molecule has 5 rings (SSSR count). The largest absolute Gasteiger partial charge is 0.494 e. The van der Waals surface area contributed by atoms with Crippen molar-refractivity contribution in [3.8, 4) is 17.1 Å². The Labute approximate surface area is 218 Å². The topological polar surface area (TPSA) is 128 Å². The molecule has 0 atom stereocenters. The van der Waals surface area contributed by atoms with Crippen LogP contribution in [0.2, 0.25) is 0 Å². The minimum atomic E-state index is -2.68. The fraction of sp³-hybridized carbons (Fsp3) is 0.269. The van der Waals surface area contributed by atoms with Crippen molar-refractivity contribution < 1.29 is 18.4 Å². The lowest BCUT2D eigenvalue weighted by Crippen LogP contribution is -2.20. The van der Waals surface area contributed by atoms with E-state index in [0.717, 1.165) is 16.8 Å². The number of hydrogen-bond acceptors (Lipinski definition) is 9. The van der Waals surface area contributed by atoms with Gasteiger partial charge in [0.15, 0.2) is 11.6 Å². The molecule has 0 fully saturated rings. The molecule has 11 heteroatoms. The third kappa shape index (κ3) is 4.94. The average molecular weight is 504 g/mol. The van der Waals surface area contributed by atoms with E-state index in [2.05, 4.69) is 30.7 Å². The van der Waals surface area contributed by atoms with Crippen molar-refractivity contribution in [2.75, 3.05) is 24.7 Å². The minimum absolute atomic E-state index is 0.0185. The first-order chi connectivity index (χ1) is 19.1. The number of ether oxygens (including phenoxy) is 2. The molecular formula is C26H28N8O3. The standard InChI is InChI=1S/C26H28N8O3/c1-5-34-14-29-25(33-34)17-8-16-9-20(24(17)36-4)30-19-10-23(28-11-18(19)26(35)27-3)32-22-7-6-15(2)21(31-22)13-37-12-16/h6-11,14,30H,5,12-13H2,1-4H3,(H,27,35)(H,28,31,32)/i3D3. The summed E-state index contributed by atoms with van der Waals surface area (Å²) < 4.78 is 36.0. The Morgan fingerprint density at radius 3 is 2.86 bits per heavy atom. The number of methoxy groups -OCH3 is 1. The van der Waals surface area contributed by atoms with Gasteiger partial charge in [0.2, 0.25) is 0 Å². The number of benzene rings is 1. The van der Waals surface area contributed by atoms with Crippen LogP contribution in [0.5, 0.6) is 5.75 Å². The maximum absolute atomic E-state index is 13.0. The van der Waals surface area contributed by atoms with Crippen molar-refractivity contribution in [3.63, 3.8) is 0 Å². The Balaban J connectivity index is 1.68. The summed E-state index contributed by atoms with van der Waals surface area (Å²) in [6.45, 7) is 2.40. The molecule has 190 valence electrons. The van der Waals surface area contributed by atoms with Crippen molar-refractivity contribution in [1.29, 1.82) is 0 Å². The summed E-state index contributed by atoms with van der Waals surface area (Å²) >= 11 is 0. The first-order valence-electron chi connectivity index (χ1n) is 13.1. The predicted octanol–water partition coefficient (Wildman–Crippen LogP) is 3.95. The molecule has 37 heavy (non-hydrogen) atoms. The summed E-state index contributed by atoms with van der Waals surface area (Å²) in [7, 11) is 1.53. The lowest BCUT2D eigenvalue weighted by molar-refractivity contribution is 0.0963. The minimum Gasteiger partial charge on any atom is -0.494 e. The van der Waals surface area contributed by atoms with Crippen LogP contribution in [0, 0.1) is 6.92 Å². The Kier molecular flexibility index (Phi) is 5.71. The van der Waals surface area contributed by atoms with Crippen LogP contribution < -0.4 is 20.7 Å². The smallest absolute Gasteiger partial charge is 0.254 e. The fourth-order valence-corrected chi connectivity index (χ4v) is 4.03. The van der Waals surface area contributed by atoms with Gasteiger partial charge in [-0.15, -0.1) is 0 Å². The van der Waals surface area contributed by atoms with Gasteiger partial charge < -0.3 is 25.4 Å². The van der Waals surface area contributed by atoms with Gasteiger partial charge in [0.25, 0.3) is 5.91 Å². The zero-order valence-electron chi connectivity index (χ0n) is 23.6. The second-order valence-electron chi connectivity index (χ2n) is 8.42. The highest BCUT2D eigenvalue weighted by molar-refractivity contribution is 6.00. The number of amides is 1. The van der Waals surface area contributed by atoms with E-state index in [1.54, 1.807) is 17.1 Å². The van der Waals surface area contributed by atoms with E-state index >= 15 is 0 Å². The van der Waals surface area contributed by atoms with Gasteiger partial charge in [-0.1, -0.05) is 6.07 Å². The monoisotopic (exact) mass is 503 g/mol. The SMILES string of the molecule is [2H]C([2H])([2H])NC(=O)c1cnc2cc1Nc1cc(cc(-c3ncn(CC)n3)c1OC)COCc1nc(ccc1C)N2. The van der Waals surface area contributed by atoms with Crippen LogP contribution in [-0.2, 0) is 24.5 Å². The highest BCUT2D eigenvalue weighted by Crippen LogP contribution is 2.39. The number of rotatable bonds is 4. The second kappa shape index (κ2) is 10.2. The number of nitrogens with one attached hydrogen (secondary N) is 3. The lowest BCUT2D eigenvalue weighted by atomic mass is 10.1. The zero-order chi connectivity index (χ0) is 28.4. The third-order valence-electron chi connectivity index (χ3n) is 5.95. The average Bonchev–Trinajstić information content (AvgIpc) is 3.38. The summed E-state index contributed by atoms with van der Waals surface area (Å²) in [6, 6.07) is 9.07. The van der Waals surface area contributed by atoms with Gasteiger partial charge in [0.05, 0.1) is 48.5 Å². The fourth-order valence-electron chi connectivity index (χ4n) is 4.03. The van der Waals surface area contributed by atoms with Crippen LogP contribution in [0.3, 0.4) is 0 Å². The van der Waals surface area contributed by atoms with Crippen LogP contribution in [0.4, 0.5) is 23.0 Å². The molecule has 4 heterocycles. The maximum atomic E-state index is 13.0. The van der Waals surface area contributed by atoms with Gasteiger partial charge in [0.1, 0.15) is 18.0 Å². The van der Waals surface area contributed by atoms with E-state index in [-0.39, 0.29) is 24.5 Å². The van der Waals surface area contributed by atoms with E-state index in [9.17, 15) is 4.79 Å². The Bertz CT molecular complexity index is 1570. The first kappa shape index (κ1) is 20.7. The molecule has 1 amide bonds. The molecule has 6 bridgehead atoms. The van der Waals surface area contributed by atoms with Gasteiger partial charge in [-0.05, 0) is 43.2 Å². The number of hydrogen-bond donors (Lipinski definition) is 3. The van der Waals surface area contributed by atoms with Gasteiger partial charge in [-0.25, -0.2) is 15.0 Å². The highest BCUT2D eigenvalue weighted by Gasteiger charge is 2.20. The molecule has 0 aliphatic carbocycles. The van der Waals surface area contributed by atoms with Crippen LogP contribution in [-0.4, -0.2) is 44.7 Å². The molecule has 0 radical (unpaired) electrons. The molecule has 0 saturated heterocycles. The number of anilines is 4. The van der Waals surface area contributed by atoms with E-state index in [4.69, 9.17) is 13.6 Å². The molecule has 4 aromatic rings. The van der Waals surface area contributed by atoms with Gasteiger partial charge in [-0.3, -0.25) is 9.48 Å². The first-order valence-corrected chi connectivity index (χ1v) is 11.6. The molecule has 1 aliphatic heterocycles. The molecule has 0 unspecified atom stereocenters. The quantitative estimate of drug-likeness (QED) is 0.379. The van der Waals surface area contributed by atoms with Gasteiger partial charge in [0, 0.05) is 29.9 Å². The van der Waals surface area contributed by atoms with Crippen LogP contribution in [0.1, 0.15) is 38.2 Å². The molecular weight excluding hydrogens is 472 g/mol. The molecule has 11 nitrogen and oxygen atoms in total. The van der Waals surface area contributed by atoms with E-state index in [1.807, 2.05) is 43.4 Å². The molecule has 1 aliphatic rings. The Morgan fingerprint density at radius 2 is 2.08 bits per heavy atom. The Hall–Kier alpha value is -4.51. The lowest BCUT2D eigenvalue weighted by Gasteiger charge is -2.19. The summed E-state index contributed by atoms with van der Waals surface area (Å²) in [5.41, 5.74) is 3.93. The van der Waals surface area contributed by atoms with Crippen LogP contribution >= 0.6 is 0 Å². The summed E-state index contributed by atoms with van der Waals surface area (Å²) in [4.78, 5) is 26.4. The van der Waals surface area contributed by atoms with Crippen LogP contribution in [0.15, 0.2) is 42.9 Å². The number of aromatic nitrogens is 5. The number of carbonyl (C=O) groups excluding carboxylic acids is 1. The van der Waals surface area contributed by atoms with Gasteiger partial charge >= 0.3 is 0 Å². The molecule has 0 spiro atoms. The normalized spacial score (nSPS) is 14.2. The predicted molar refractivity (Wildman–Crippen MR) is 139 cm³/mol. The number of pyridine rings is 2. The van der Waals surface area contributed by atoms with Gasteiger partial charge in [-0.2, -0.15) is 5.10 Å². The van der Waals surface area contributed by atoms with Crippen molar-refractivity contribution in [2.45, 2.75) is 33.6 Å². The summed E-state index contributed by atoms with van der Waals surface area (Å²) in [5.74, 6) is 0.982. The van der Waals surface area contributed by atoms with E-state index in [1.165, 1.54) is 13.3 Å². The van der Waals surface area contributed by atoms with Crippen molar-refractivity contribution in [1.82, 2.24) is 30.0 Å². The highest BCUT2D eigenvalue weighted by atomic mass is 16.5. The van der Waals surface area contributed by atoms with Crippen molar-refractivity contribution >= 4 is 28.9 Å². The third-order valence-corrected chi connectivity index (χ3v) is 5.95. The van der Waals surface area contributed by atoms with Crippen LogP contribution in [0.25, 0.3) is 11.4 Å². The van der Waals surface area contributed by atoms with Crippen molar-refractivity contribution in [2.24, 2.45) is 0 Å². The second-order valence-corrected chi connectivity index (χ2v) is 8.42. The number of aryl methyl sites for hydroxylation is 2. The summed E-state index contributed by atoms with van der Waals surface area (Å²) in [6.07, 6.45) is 2.94. The number of carbonyl (C=O) groups is 1. The van der Waals surface area contributed by atoms with Crippen molar-refractivity contribution in [3.05, 3.63) is 65.2 Å². The van der Waals surface area contributed by atoms with E-state index < -0.39 is 12.9 Å². The molecule has 3 N–H and O–H groups in total. The molecule has 1 aromatic carbocycles. The summed E-state index contributed by atoms with van der Waals surface area (Å²) in [5, 5.41) is 13.0. The molecule has 3 aromatic heterocycles. The zero-order valence-corrected chi connectivity index (χ0v) is 20.6. The molecule has 0 saturated carbocycles. The van der Waals surface area contributed by atoms with E-state index in [0.29, 0.717) is 41.0 Å². The maximum Gasteiger partial charge on any atom is 0.254 e. The number of fused-ring (bicyclic) bond motifs is 6. The Morgan fingerprint density at radius 1 is 1.19 bits per heavy atom.